The van der Waals surface area contributed by atoms with Gasteiger partial charge >= 0.3 is 5.97 Å². The van der Waals surface area contributed by atoms with Crippen molar-refractivity contribution in [2.45, 2.75) is 59.4 Å². The van der Waals surface area contributed by atoms with E-state index in [-0.39, 0.29) is 42.4 Å². The molecular weight excluding hydrogens is 342 g/mol. The highest BCUT2D eigenvalue weighted by atomic mass is 16.5. The van der Waals surface area contributed by atoms with Crippen LogP contribution in [0.4, 0.5) is 0 Å². The number of nitrogens with zero attached hydrogens (tertiary/aromatic N) is 1. The lowest BCUT2D eigenvalue weighted by molar-refractivity contribution is -0.152. The van der Waals surface area contributed by atoms with E-state index >= 15 is 0 Å². The Bertz CT molecular complexity index is 697. The molecular formula is C22H31NO4. The van der Waals surface area contributed by atoms with Gasteiger partial charge in [-0.1, -0.05) is 38.5 Å². The molecule has 1 aromatic rings. The van der Waals surface area contributed by atoms with Crippen LogP contribution in [0.5, 0.6) is 5.75 Å². The Hall–Kier alpha value is -2.04. The minimum absolute atomic E-state index is 0.0748. The van der Waals surface area contributed by atoms with Gasteiger partial charge in [0, 0.05) is 12.6 Å². The number of fused-ring (bicyclic) bond motifs is 2. The summed E-state index contributed by atoms with van der Waals surface area (Å²) in [4.78, 5) is 26.5. The number of aryl methyl sites for hydroxylation is 1. The molecule has 1 saturated heterocycles. The average molecular weight is 373 g/mol. The predicted octanol–water partition coefficient (Wildman–Crippen LogP) is 3.73. The molecule has 2 atom stereocenters. The first-order chi connectivity index (χ1) is 12.7. The number of carbonyl (C=O) groups is 2. The molecule has 2 bridgehead atoms. The summed E-state index contributed by atoms with van der Waals surface area (Å²) in [7, 11) is 0. The van der Waals surface area contributed by atoms with E-state index in [1.54, 1.807) is 0 Å². The number of carbonyl (C=O) groups excluding carboxylic acids is 2. The third-order valence-corrected chi connectivity index (χ3v) is 5.69. The van der Waals surface area contributed by atoms with Crippen LogP contribution >= 0.6 is 0 Å². The van der Waals surface area contributed by atoms with Crippen LogP contribution in [0, 0.1) is 17.8 Å². The third kappa shape index (κ3) is 5.02. The van der Waals surface area contributed by atoms with E-state index in [4.69, 9.17) is 9.47 Å². The Kier molecular flexibility index (Phi) is 5.50. The molecule has 1 saturated carbocycles. The number of hydrogen-bond acceptors (Lipinski definition) is 4. The SMILES string of the molecule is Cc1ccc(OCCC(=O)OCC(=O)N2C[C@@]3(C)C[C@@H]2CC(C)(C)C3)cc1. The molecule has 0 aromatic heterocycles. The van der Waals surface area contributed by atoms with Crippen molar-refractivity contribution >= 4 is 11.9 Å². The summed E-state index contributed by atoms with van der Waals surface area (Å²) >= 11 is 0. The first kappa shape index (κ1) is 19.7. The maximum absolute atomic E-state index is 12.6. The standard InChI is InChI=1S/C22H31NO4/c1-16-5-7-18(8-6-16)26-10-9-20(25)27-13-19(24)23-15-22(4)12-17(23)11-21(2,3)14-22/h5-8,17H,9-15H2,1-4H3/t17-,22-/m0/s1. The van der Waals surface area contributed by atoms with Gasteiger partial charge in [0.15, 0.2) is 6.61 Å². The fraction of sp³-hybridized carbons (Fsp3) is 0.636. The largest absolute Gasteiger partial charge is 0.493 e. The molecule has 2 fully saturated rings. The highest BCUT2D eigenvalue weighted by Crippen LogP contribution is 2.52. The van der Waals surface area contributed by atoms with Gasteiger partial charge in [-0.25, -0.2) is 0 Å². The van der Waals surface area contributed by atoms with Crippen LogP contribution in [0.1, 0.15) is 52.0 Å². The molecule has 5 nitrogen and oxygen atoms in total. The molecule has 1 aliphatic carbocycles. The molecule has 1 aliphatic heterocycles. The fourth-order valence-electron chi connectivity index (χ4n) is 4.94. The normalized spacial score (nSPS) is 25.9. The van der Waals surface area contributed by atoms with E-state index < -0.39 is 5.97 Å². The van der Waals surface area contributed by atoms with E-state index in [1.165, 1.54) is 0 Å². The molecule has 27 heavy (non-hydrogen) atoms. The molecule has 1 amide bonds. The van der Waals surface area contributed by atoms with Gasteiger partial charge in [0.25, 0.3) is 5.91 Å². The van der Waals surface area contributed by atoms with Crippen LogP contribution in [0.25, 0.3) is 0 Å². The summed E-state index contributed by atoms with van der Waals surface area (Å²) in [5.74, 6) is 0.253. The topological polar surface area (TPSA) is 55.8 Å². The smallest absolute Gasteiger partial charge is 0.309 e. The summed E-state index contributed by atoms with van der Waals surface area (Å²) in [5.41, 5.74) is 1.61. The van der Waals surface area contributed by atoms with Crippen LogP contribution in [0.15, 0.2) is 24.3 Å². The van der Waals surface area contributed by atoms with Gasteiger partial charge in [0.1, 0.15) is 5.75 Å². The average Bonchev–Trinajstić information content (AvgIpc) is 2.83. The lowest BCUT2D eigenvalue weighted by atomic mass is 9.65. The molecule has 0 N–H and O–H groups in total. The number of ether oxygens (including phenoxy) is 2. The molecule has 0 spiro atoms. The van der Waals surface area contributed by atoms with Crippen LogP contribution in [0.3, 0.4) is 0 Å². The minimum atomic E-state index is -0.399. The molecule has 0 radical (unpaired) electrons. The highest BCUT2D eigenvalue weighted by molar-refractivity contribution is 5.81. The molecule has 5 heteroatoms. The van der Waals surface area contributed by atoms with E-state index in [2.05, 4.69) is 20.8 Å². The Morgan fingerprint density at radius 3 is 2.56 bits per heavy atom. The van der Waals surface area contributed by atoms with Crippen molar-refractivity contribution < 1.29 is 19.1 Å². The first-order valence-corrected chi connectivity index (χ1v) is 9.80. The van der Waals surface area contributed by atoms with Crippen molar-refractivity contribution in [3.8, 4) is 5.75 Å². The van der Waals surface area contributed by atoms with Gasteiger partial charge in [-0.15, -0.1) is 0 Å². The molecule has 3 rings (SSSR count). The van der Waals surface area contributed by atoms with Crippen LogP contribution in [-0.4, -0.2) is 42.6 Å². The lowest BCUT2D eigenvalue weighted by Gasteiger charge is -2.39. The number of amides is 1. The quantitative estimate of drug-likeness (QED) is 0.713. The number of benzene rings is 1. The second-order valence-corrected chi connectivity index (χ2v) is 9.31. The Morgan fingerprint density at radius 2 is 1.85 bits per heavy atom. The molecule has 2 aliphatic rings. The second kappa shape index (κ2) is 7.53. The zero-order valence-electron chi connectivity index (χ0n) is 16.9. The summed E-state index contributed by atoms with van der Waals surface area (Å²) in [6.07, 6.45) is 3.35. The van der Waals surface area contributed by atoms with Crippen LogP contribution in [-0.2, 0) is 14.3 Å². The maximum atomic E-state index is 12.6. The minimum Gasteiger partial charge on any atom is -0.493 e. The van der Waals surface area contributed by atoms with Crippen molar-refractivity contribution in [3.63, 3.8) is 0 Å². The second-order valence-electron chi connectivity index (χ2n) is 9.31. The van der Waals surface area contributed by atoms with E-state index in [0.29, 0.717) is 0 Å². The maximum Gasteiger partial charge on any atom is 0.309 e. The molecule has 1 aromatic carbocycles. The number of rotatable bonds is 6. The summed E-state index contributed by atoms with van der Waals surface area (Å²) in [5, 5.41) is 0. The van der Waals surface area contributed by atoms with Crippen molar-refractivity contribution in [2.75, 3.05) is 19.8 Å². The molecule has 148 valence electrons. The zero-order chi connectivity index (χ0) is 19.7. The van der Waals surface area contributed by atoms with Gasteiger partial charge in [-0.2, -0.15) is 0 Å². The Morgan fingerprint density at radius 1 is 1.15 bits per heavy atom. The van der Waals surface area contributed by atoms with Gasteiger partial charge in [-0.05, 0) is 49.1 Å². The van der Waals surface area contributed by atoms with Crippen molar-refractivity contribution in [3.05, 3.63) is 29.8 Å². The number of likely N-dealkylation sites (tertiary alicyclic amines) is 1. The van der Waals surface area contributed by atoms with E-state index in [9.17, 15) is 9.59 Å². The van der Waals surface area contributed by atoms with Crippen molar-refractivity contribution in [1.82, 2.24) is 4.90 Å². The lowest BCUT2D eigenvalue weighted by Crippen LogP contribution is -2.39. The number of esters is 1. The molecule has 1 heterocycles. The monoisotopic (exact) mass is 373 g/mol. The van der Waals surface area contributed by atoms with Crippen molar-refractivity contribution in [1.29, 1.82) is 0 Å². The van der Waals surface area contributed by atoms with E-state index in [1.807, 2.05) is 36.1 Å². The van der Waals surface area contributed by atoms with Gasteiger partial charge in [0.05, 0.1) is 13.0 Å². The number of hydrogen-bond donors (Lipinski definition) is 0. The third-order valence-electron chi connectivity index (χ3n) is 5.69. The van der Waals surface area contributed by atoms with Crippen LogP contribution < -0.4 is 4.74 Å². The van der Waals surface area contributed by atoms with Crippen molar-refractivity contribution in [2.24, 2.45) is 10.8 Å². The first-order valence-electron chi connectivity index (χ1n) is 9.80. The van der Waals surface area contributed by atoms with E-state index in [0.717, 1.165) is 37.1 Å². The zero-order valence-corrected chi connectivity index (χ0v) is 16.9. The predicted molar refractivity (Wildman–Crippen MR) is 103 cm³/mol. The summed E-state index contributed by atoms with van der Waals surface area (Å²) in [6.45, 7) is 9.67. The highest BCUT2D eigenvalue weighted by Gasteiger charge is 2.50. The fourth-order valence-corrected chi connectivity index (χ4v) is 4.94. The Balaban J connectivity index is 1.41. The van der Waals surface area contributed by atoms with Gasteiger partial charge in [0.2, 0.25) is 0 Å². The molecule has 0 unspecified atom stereocenters. The van der Waals surface area contributed by atoms with Gasteiger partial charge in [-0.3, -0.25) is 9.59 Å². The van der Waals surface area contributed by atoms with Crippen LogP contribution in [0.2, 0.25) is 0 Å². The summed E-state index contributed by atoms with van der Waals surface area (Å²) in [6, 6.07) is 7.94. The summed E-state index contributed by atoms with van der Waals surface area (Å²) < 4.78 is 10.7. The Labute approximate surface area is 162 Å². The van der Waals surface area contributed by atoms with Gasteiger partial charge < -0.3 is 14.4 Å².